The summed E-state index contributed by atoms with van der Waals surface area (Å²) >= 11 is 0. The SMILES string of the molecule is COc1ccc([C@H](C)NC(C)CC(C)(C)OC)cc1. The maximum absolute atomic E-state index is 5.47. The summed E-state index contributed by atoms with van der Waals surface area (Å²) in [7, 11) is 3.45. The van der Waals surface area contributed by atoms with Crippen LogP contribution >= 0.6 is 0 Å². The minimum atomic E-state index is -0.0912. The van der Waals surface area contributed by atoms with E-state index in [0.29, 0.717) is 12.1 Å². The van der Waals surface area contributed by atoms with Crippen LogP contribution in [-0.4, -0.2) is 25.9 Å². The fourth-order valence-corrected chi connectivity index (χ4v) is 2.30. The highest BCUT2D eigenvalue weighted by molar-refractivity contribution is 5.28. The van der Waals surface area contributed by atoms with E-state index in [-0.39, 0.29) is 5.60 Å². The predicted molar refractivity (Wildman–Crippen MR) is 79.7 cm³/mol. The largest absolute Gasteiger partial charge is 0.497 e. The van der Waals surface area contributed by atoms with Crippen LogP contribution in [0.1, 0.15) is 45.7 Å². The Morgan fingerprint density at radius 2 is 1.68 bits per heavy atom. The minimum absolute atomic E-state index is 0.0912. The molecule has 1 rings (SSSR count). The standard InChI is InChI=1S/C16H27NO2/c1-12(11-16(3,4)19-6)17-13(2)14-7-9-15(18-5)10-8-14/h7-10,12-13,17H,11H2,1-6H3/t12?,13-/m0/s1. The Balaban J connectivity index is 2.55. The molecule has 0 aliphatic carbocycles. The summed E-state index contributed by atoms with van der Waals surface area (Å²) < 4.78 is 10.6. The predicted octanol–water partition coefficient (Wildman–Crippen LogP) is 3.55. The topological polar surface area (TPSA) is 30.5 Å². The average molecular weight is 265 g/mol. The Bertz CT molecular complexity index is 373. The monoisotopic (exact) mass is 265 g/mol. The van der Waals surface area contributed by atoms with Gasteiger partial charge in [-0.05, 0) is 51.8 Å². The summed E-state index contributed by atoms with van der Waals surface area (Å²) in [5, 5.41) is 3.60. The molecule has 2 atom stereocenters. The van der Waals surface area contributed by atoms with Gasteiger partial charge in [0.2, 0.25) is 0 Å². The molecule has 3 nitrogen and oxygen atoms in total. The third-order valence-corrected chi connectivity index (χ3v) is 3.50. The zero-order valence-electron chi connectivity index (χ0n) is 13.0. The first-order valence-electron chi connectivity index (χ1n) is 6.83. The van der Waals surface area contributed by atoms with Gasteiger partial charge in [0.1, 0.15) is 5.75 Å². The van der Waals surface area contributed by atoms with Crippen molar-refractivity contribution in [2.24, 2.45) is 0 Å². The molecule has 0 radical (unpaired) electrons. The van der Waals surface area contributed by atoms with Crippen molar-refractivity contribution in [2.75, 3.05) is 14.2 Å². The summed E-state index contributed by atoms with van der Waals surface area (Å²) in [5.41, 5.74) is 1.18. The van der Waals surface area contributed by atoms with Crippen molar-refractivity contribution in [3.05, 3.63) is 29.8 Å². The van der Waals surface area contributed by atoms with E-state index in [1.54, 1.807) is 14.2 Å². The van der Waals surface area contributed by atoms with E-state index in [1.165, 1.54) is 5.56 Å². The molecule has 3 heteroatoms. The van der Waals surface area contributed by atoms with E-state index >= 15 is 0 Å². The van der Waals surface area contributed by atoms with Gasteiger partial charge in [-0.15, -0.1) is 0 Å². The van der Waals surface area contributed by atoms with Gasteiger partial charge in [0, 0.05) is 19.2 Å². The van der Waals surface area contributed by atoms with Crippen LogP contribution in [0, 0.1) is 0 Å². The Morgan fingerprint density at radius 1 is 1.11 bits per heavy atom. The van der Waals surface area contributed by atoms with E-state index in [0.717, 1.165) is 12.2 Å². The highest BCUT2D eigenvalue weighted by atomic mass is 16.5. The lowest BCUT2D eigenvalue weighted by Gasteiger charge is -2.29. The quantitative estimate of drug-likeness (QED) is 0.818. The van der Waals surface area contributed by atoms with Crippen LogP contribution in [0.25, 0.3) is 0 Å². The number of ether oxygens (including phenoxy) is 2. The molecule has 1 aromatic carbocycles. The summed E-state index contributed by atoms with van der Waals surface area (Å²) in [5.74, 6) is 0.893. The molecule has 0 saturated heterocycles. The molecule has 0 aromatic heterocycles. The normalized spacial score (nSPS) is 15.1. The molecule has 108 valence electrons. The van der Waals surface area contributed by atoms with Crippen LogP contribution in [0.4, 0.5) is 0 Å². The van der Waals surface area contributed by atoms with E-state index in [9.17, 15) is 0 Å². The van der Waals surface area contributed by atoms with Gasteiger partial charge in [0.15, 0.2) is 0 Å². The van der Waals surface area contributed by atoms with Crippen molar-refractivity contribution in [3.63, 3.8) is 0 Å². The molecular weight excluding hydrogens is 238 g/mol. The van der Waals surface area contributed by atoms with E-state index in [1.807, 2.05) is 12.1 Å². The third-order valence-electron chi connectivity index (χ3n) is 3.50. The van der Waals surface area contributed by atoms with Gasteiger partial charge < -0.3 is 14.8 Å². The lowest BCUT2D eigenvalue weighted by molar-refractivity contribution is 0.00782. The van der Waals surface area contributed by atoms with E-state index in [4.69, 9.17) is 9.47 Å². The van der Waals surface area contributed by atoms with Gasteiger partial charge >= 0.3 is 0 Å². The summed E-state index contributed by atoms with van der Waals surface area (Å²) in [6.45, 7) is 8.60. The zero-order chi connectivity index (χ0) is 14.5. The Kier molecular flexibility index (Phi) is 5.83. The second kappa shape index (κ2) is 6.92. The average Bonchev–Trinajstić information content (AvgIpc) is 2.38. The Labute approximate surface area is 117 Å². The lowest BCUT2D eigenvalue weighted by Crippen LogP contribution is -2.36. The molecule has 0 saturated carbocycles. The number of nitrogens with one attached hydrogen (secondary N) is 1. The highest BCUT2D eigenvalue weighted by Gasteiger charge is 2.21. The maximum Gasteiger partial charge on any atom is 0.118 e. The van der Waals surface area contributed by atoms with Gasteiger partial charge in [0.05, 0.1) is 12.7 Å². The highest BCUT2D eigenvalue weighted by Crippen LogP contribution is 2.20. The second-order valence-corrected chi connectivity index (χ2v) is 5.73. The number of hydrogen-bond acceptors (Lipinski definition) is 3. The van der Waals surface area contributed by atoms with Crippen molar-refractivity contribution in [2.45, 2.75) is 51.8 Å². The molecule has 19 heavy (non-hydrogen) atoms. The molecule has 0 heterocycles. The molecule has 0 bridgehead atoms. The van der Waals surface area contributed by atoms with Crippen LogP contribution in [0.15, 0.2) is 24.3 Å². The number of benzene rings is 1. The van der Waals surface area contributed by atoms with Crippen molar-refractivity contribution in [3.8, 4) is 5.75 Å². The lowest BCUT2D eigenvalue weighted by atomic mass is 9.98. The minimum Gasteiger partial charge on any atom is -0.497 e. The number of methoxy groups -OCH3 is 2. The Hall–Kier alpha value is -1.06. The molecule has 1 aromatic rings. The van der Waals surface area contributed by atoms with Gasteiger partial charge in [-0.2, -0.15) is 0 Å². The zero-order valence-corrected chi connectivity index (χ0v) is 13.0. The van der Waals surface area contributed by atoms with Gasteiger partial charge in [-0.1, -0.05) is 12.1 Å². The molecular formula is C16H27NO2. The molecule has 0 spiro atoms. The Morgan fingerprint density at radius 3 is 2.16 bits per heavy atom. The fourth-order valence-electron chi connectivity index (χ4n) is 2.30. The molecule has 0 amide bonds. The summed E-state index contributed by atoms with van der Waals surface area (Å²) in [6, 6.07) is 8.91. The van der Waals surface area contributed by atoms with Gasteiger partial charge in [0.25, 0.3) is 0 Å². The smallest absolute Gasteiger partial charge is 0.118 e. The molecule has 0 fully saturated rings. The van der Waals surface area contributed by atoms with Crippen LogP contribution in [0.3, 0.4) is 0 Å². The molecule has 0 aliphatic rings. The first-order chi connectivity index (χ1) is 8.88. The van der Waals surface area contributed by atoms with Crippen LogP contribution < -0.4 is 10.1 Å². The summed E-state index contributed by atoms with van der Waals surface area (Å²) in [4.78, 5) is 0. The maximum atomic E-state index is 5.47. The number of hydrogen-bond donors (Lipinski definition) is 1. The van der Waals surface area contributed by atoms with Crippen LogP contribution in [0.2, 0.25) is 0 Å². The van der Waals surface area contributed by atoms with E-state index < -0.39 is 0 Å². The van der Waals surface area contributed by atoms with Crippen molar-refractivity contribution in [1.29, 1.82) is 0 Å². The number of rotatable bonds is 7. The third kappa shape index (κ3) is 5.21. The van der Waals surface area contributed by atoms with Crippen LogP contribution in [0.5, 0.6) is 5.75 Å². The van der Waals surface area contributed by atoms with E-state index in [2.05, 4.69) is 45.1 Å². The van der Waals surface area contributed by atoms with Gasteiger partial charge in [-0.25, -0.2) is 0 Å². The second-order valence-electron chi connectivity index (χ2n) is 5.73. The van der Waals surface area contributed by atoms with Crippen molar-refractivity contribution >= 4 is 0 Å². The molecule has 1 N–H and O–H groups in total. The van der Waals surface area contributed by atoms with Crippen LogP contribution in [-0.2, 0) is 4.74 Å². The fraction of sp³-hybridized carbons (Fsp3) is 0.625. The first-order valence-corrected chi connectivity index (χ1v) is 6.83. The first kappa shape index (κ1) is 16.0. The van der Waals surface area contributed by atoms with Gasteiger partial charge in [-0.3, -0.25) is 0 Å². The summed E-state index contributed by atoms with van der Waals surface area (Å²) in [6.07, 6.45) is 0.976. The molecule has 0 aliphatic heterocycles. The van der Waals surface area contributed by atoms with Crippen molar-refractivity contribution < 1.29 is 9.47 Å². The molecule has 1 unspecified atom stereocenters. The van der Waals surface area contributed by atoms with Crippen molar-refractivity contribution in [1.82, 2.24) is 5.32 Å².